The number of nitrogens with zero attached hydrogens (tertiary/aromatic N) is 1. The van der Waals surface area contributed by atoms with Crippen LogP contribution < -0.4 is 4.72 Å². The summed E-state index contributed by atoms with van der Waals surface area (Å²) < 4.78 is 25.5. The summed E-state index contributed by atoms with van der Waals surface area (Å²) in [5.41, 5.74) is 0.855. The molecule has 0 radical (unpaired) electrons. The molecule has 6 nitrogen and oxygen atoms in total. The van der Waals surface area contributed by atoms with Crippen LogP contribution in [0.3, 0.4) is 0 Å². The lowest BCUT2D eigenvalue weighted by atomic mass is 10.1. The molecule has 2 rings (SSSR count). The van der Waals surface area contributed by atoms with E-state index in [9.17, 15) is 13.2 Å². The number of hydrogen-bond donors (Lipinski definition) is 2. The highest BCUT2D eigenvalue weighted by Gasteiger charge is 2.42. The zero-order chi connectivity index (χ0) is 12.5. The van der Waals surface area contributed by atoms with Gasteiger partial charge in [0.1, 0.15) is 12.8 Å². The molecule has 0 spiro atoms. The van der Waals surface area contributed by atoms with E-state index in [0.717, 1.165) is 5.56 Å². The zero-order valence-electron chi connectivity index (χ0n) is 8.91. The van der Waals surface area contributed by atoms with Gasteiger partial charge in [-0.1, -0.05) is 30.3 Å². The van der Waals surface area contributed by atoms with Crippen molar-refractivity contribution < 1.29 is 18.3 Å². The fourth-order valence-corrected chi connectivity index (χ4v) is 2.90. The molecule has 1 unspecified atom stereocenters. The molecule has 17 heavy (non-hydrogen) atoms. The average molecular weight is 256 g/mol. The molecule has 1 fully saturated rings. The number of carbonyl (C=O) groups is 1. The number of aliphatic hydroxyl groups excluding tert-OH is 1. The minimum atomic E-state index is -3.87. The summed E-state index contributed by atoms with van der Waals surface area (Å²) in [4.78, 5) is 11.7. The second-order valence-electron chi connectivity index (χ2n) is 3.69. The maximum Gasteiger partial charge on any atom is 0.306 e. The van der Waals surface area contributed by atoms with Gasteiger partial charge >= 0.3 is 10.2 Å². The highest BCUT2D eigenvalue weighted by atomic mass is 32.2. The van der Waals surface area contributed by atoms with E-state index >= 15 is 0 Å². The van der Waals surface area contributed by atoms with Gasteiger partial charge in [-0.3, -0.25) is 4.79 Å². The molecule has 1 saturated heterocycles. The number of carbonyl (C=O) groups excluding carboxylic acids is 1. The molecular formula is C10H12N2O4S. The number of aliphatic hydroxyl groups is 1. The molecule has 0 aromatic heterocycles. The van der Waals surface area contributed by atoms with E-state index in [-0.39, 0.29) is 6.42 Å². The number of hydrogen-bond acceptors (Lipinski definition) is 4. The lowest BCUT2D eigenvalue weighted by Gasteiger charge is -2.09. The van der Waals surface area contributed by atoms with Gasteiger partial charge in [-0.2, -0.15) is 13.1 Å². The molecule has 1 aliphatic rings. The van der Waals surface area contributed by atoms with Crippen molar-refractivity contribution >= 4 is 16.1 Å². The van der Waals surface area contributed by atoms with E-state index in [1.807, 2.05) is 30.3 Å². The molecular weight excluding hydrogens is 244 g/mol. The van der Waals surface area contributed by atoms with Crippen LogP contribution in [-0.4, -0.2) is 36.5 Å². The van der Waals surface area contributed by atoms with Gasteiger partial charge in [0.2, 0.25) is 0 Å². The first-order valence-electron chi connectivity index (χ1n) is 5.03. The maximum atomic E-state index is 11.7. The van der Waals surface area contributed by atoms with Gasteiger partial charge in [-0.15, -0.1) is 0 Å². The Morgan fingerprint density at radius 1 is 1.29 bits per heavy atom. The van der Waals surface area contributed by atoms with Gasteiger partial charge in [0.15, 0.2) is 0 Å². The monoisotopic (exact) mass is 256 g/mol. The summed E-state index contributed by atoms with van der Waals surface area (Å²) in [5, 5.41) is 8.84. The molecule has 0 bridgehead atoms. The summed E-state index contributed by atoms with van der Waals surface area (Å²) in [7, 11) is -3.87. The maximum absolute atomic E-state index is 11.7. The Labute approximate surface area is 99.0 Å². The summed E-state index contributed by atoms with van der Waals surface area (Å²) in [6.45, 7) is -0.834. The first-order chi connectivity index (χ1) is 8.04. The normalized spacial score (nSPS) is 23.0. The third kappa shape index (κ3) is 2.31. The van der Waals surface area contributed by atoms with Gasteiger partial charge in [-0.25, -0.2) is 4.31 Å². The van der Waals surface area contributed by atoms with Crippen LogP contribution in [0.1, 0.15) is 5.56 Å². The fourth-order valence-electron chi connectivity index (χ4n) is 1.71. The lowest BCUT2D eigenvalue weighted by Crippen LogP contribution is -2.33. The number of nitrogens with one attached hydrogen (secondary N) is 1. The molecule has 1 heterocycles. The minimum absolute atomic E-state index is 0.273. The van der Waals surface area contributed by atoms with E-state index < -0.39 is 28.9 Å². The first-order valence-corrected chi connectivity index (χ1v) is 6.47. The Morgan fingerprint density at radius 2 is 1.94 bits per heavy atom. The van der Waals surface area contributed by atoms with Crippen LogP contribution in [0.2, 0.25) is 0 Å². The van der Waals surface area contributed by atoms with Crippen molar-refractivity contribution in [2.24, 2.45) is 0 Å². The molecule has 1 aromatic rings. The Hall–Kier alpha value is -1.44. The summed E-state index contributed by atoms with van der Waals surface area (Å²) in [5.74, 6) is -0.628. The molecule has 1 atom stereocenters. The molecule has 0 aliphatic carbocycles. The summed E-state index contributed by atoms with van der Waals surface area (Å²) in [6.07, 6.45) is 0.273. The second-order valence-corrected chi connectivity index (χ2v) is 5.32. The van der Waals surface area contributed by atoms with E-state index in [1.54, 1.807) is 0 Å². The predicted octanol–water partition coefficient (Wildman–Crippen LogP) is -0.776. The Bertz CT molecular complexity index is 514. The first kappa shape index (κ1) is 12.0. The number of benzene rings is 1. The molecule has 0 saturated carbocycles. The Kier molecular flexibility index (Phi) is 3.14. The van der Waals surface area contributed by atoms with Crippen LogP contribution in [0.25, 0.3) is 0 Å². The van der Waals surface area contributed by atoms with Crippen molar-refractivity contribution in [3.63, 3.8) is 0 Å². The zero-order valence-corrected chi connectivity index (χ0v) is 9.72. The van der Waals surface area contributed by atoms with Crippen molar-refractivity contribution in [3.8, 4) is 0 Å². The quantitative estimate of drug-likeness (QED) is 0.743. The molecule has 1 aliphatic heterocycles. The highest BCUT2D eigenvalue weighted by Crippen LogP contribution is 2.15. The van der Waals surface area contributed by atoms with Crippen molar-refractivity contribution in [2.75, 3.05) is 6.73 Å². The van der Waals surface area contributed by atoms with Crippen LogP contribution >= 0.6 is 0 Å². The third-order valence-corrected chi connectivity index (χ3v) is 3.99. The van der Waals surface area contributed by atoms with Crippen LogP contribution in [0.5, 0.6) is 0 Å². The van der Waals surface area contributed by atoms with Crippen molar-refractivity contribution in [1.82, 2.24) is 9.03 Å². The van der Waals surface area contributed by atoms with Crippen LogP contribution in [0.4, 0.5) is 0 Å². The highest BCUT2D eigenvalue weighted by molar-refractivity contribution is 7.88. The van der Waals surface area contributed by atoms with Gasteiger partial charge in [-0.05, 0) is 12.0 Å². The van der Waals surface area contributed by atoms with Gasteiger partial charge < -0.3 is 5.11 Å². The van der Waals surface area contributed by atoms with Crippen molar-refractivity contribution in [1.29, 1.82) is 0 Å². The van der Waals surface area contributed by atoms with Crippen LogP contribution in [-0.2, 0) is 21.4 Å². The summed E-state index contributed by atoms with van der Waals surface area (Å²) >= 11 is 0. The van der Waals surface area contributed by atoms with E-state index in [2.05, 4.69) is 4.72 Å². The SMILES string of the molecule is O=C1C(Cc2ccccc2)NS(=O)(=O)N1CO. The van der Waals surface area contributed by atoms with E-state index in [0.29, 0.717) is 4.31 Å². The second kappa shape index (κ2) is 4.44. The Balaban J connectivity index is 2.18. The predicted molar refractivity (Wildman–Crippen MR) is 59.9 cm³/mol. The van der Waals surface area contributed by atoms with Crippen molar-refractivity contribution in [3.05, 3.63) is 35.9 Å². The average Bonchev–Trinajstić information content (AvgIpc) is 2.50. The van der Waals surface area contributed by atoms with E-state index in [1.165, 1.54) is 0 Å². The summed E-state index contributed by atoms with van der Waals surface area (Å²) in [6, 6.07) is 8.24. The molecule has 1 amide bonds. The van der Waals surface area contributed by atoms with Crippen LogP contribution in [0, 0.1) is 0 Å². The van der Waals surface area contributed by atoms with Gasteiger partial charge in [0, 0.05) is 0 Å². The standard InChI is InChI=1S/C10H12N2O4S/c13-7-12-10(14)9(11-17(12,15)16)6-8-4-2-1-3-5-8/h1-5,9,11,13H,6-7H2. The number of amides is 1. The number of rotatable bonds is 3. The molecule has 92 valence electrons. The topological polar surface area (TPSA) is 86.7 Å². The largest absolute Gasteiger partial charge is 0.375 e. The van der Waals surface area contributed by atoms with Crippen LogP contribution in [0.15, 0.2) is 30.3 Å². The van der Waals surface area contributed by atoms with Crippen molar-refractivity contribution in [2.45, 2.75) is 12.5 Å². The fraction of sp³-hybridized carbons (Fsp3) is 0.300. The minimum Gasteiger partial charge on any atom is -0.375 e. The lowest BCUT2D eigenvalue weighted by molar-refractivity contribution is -0.128. The van der Waals surface area contributed by atoms with Gasteiger partial charge in [0.25, 0.3) is 5.91 Å². The molecule has 7 heteroatoms. The Morgan fingerprint density at radius 3 is 2.47 bits per heavy atom. The van der Waals surface area contributed by atoms with Gasteiger partial charge in [0.05, 0.1) is 0 Å². The smallest absolute Gasteiger partial charge is 0.306 e. The molecule has 2 N–H and O–H groups in total. The van der Waals surface area contributed by atoms with E-state index in [4.69, 9.17) is 5.11 Å². The molecule has 1 aromatic carbocycles. The third-order valence-electron chi connectivity index (χ3n) is 2.54.